The molecule has 154 valence electrons. The highest BCUT2D eigenvalue weighted by Gasteiger charge is 2.34. The molecule has 2 amide bonds. The van der Waals surface area contributed by atoms with Crippen LogP contribution in [0.4, 0.5) is 0 Å². The number of benzene rings is 1. The number of nitrogens with one attached hydrogen (secondary N) is 2. The lowest BCUT2D eigenvalue weighted by Crippen LogP contribution is -2.34. The van der Waals surface area contributed by atoms with Gasteiger partial charge in [-0.1, -0.05) is 19.1 Å². The SMILES string of the molecule is CNC(=O)c1cc(C(=O)N[C@H]2C[C@@H]2C)cn(Cc2ccc(OCCO)cc2)c1=O. The van der Waals surface area contributed by atoms with Crippen molar-refractivity contribution in [2.45, 2.75) is 25.9 Å². The summed E-state index contributed by atoms with van der Waals surface area (Å²) >= 11 is 0. The third kappa shape index (κ3) is 5.03. The van der Waals surface area contributed by atoms with Crippen LogP contribution in [0.3, 0.4) is 0 Å². The highest BCUT2D eigenvalue weighted by atomic mass is 16.5. The zero-order valence-corrected chi connectivity index (χ0v) is 16.5. The van der Waals surface area contributed by atoms with Gasteiger partial charge in [-0.15, -0.1) is 0 Å². The molecule has 1 aliphatic rings. The molecule has 8 nitrogen and oxygen atoms in total. The van der Waals surface area contributed by atoms with E-state index in [4.69, 9.17) is 9.84 Å². The van der Waals surface area contributed by atoms with Crippen LogP contribution in [0, 0.1) is 5.92 Å². The van der Waals surface area contributed by atoms with E-state index in [0.717, 1.165) is 12.0 Å². The molecular formula is C21H25N3O5. The van der Waals surface area contributed by atoms with Gasteiger partial charge in [0.25, 0.3) is 17.4 Å². The zero-order valence-electron chi connectivity index (χ0n) is 16.5. The predicted octanol–water partition coefficient (Wildman–Crippen LogP) is 0.765. The van der Waals surface area contributed by atoms with Crippen LogP contribution in [0.5, 0.6) is 5.75 Å². The van der Waals surface area contributed by atoms with Gasteiger partial charge in [-0.25, -0.2) is 0 Å². The number of aliphatic hydroxyl groups excluding tert-OH is 1. The largest absolute Gasteiger partial charge is 0.491 e. The average molecular weight is 399 g/mol. The molecule has 1 saturated carbocycles. The summed E-state index contributed by atoms with van der Waals surface area (Å²) in [5.74, 6) is 0.208. The Morgan fingerprint density at radius 3 is 2.52 bits per heavy atom. The molecule has 3 rings (SSSR count). The molecule has 0 radical (unpaired) electrons. The topological polar surface area (TPSA) is 110 Å². The van der Waals surface area contributed by atoms with Crippen LogP contribution >= 0.6 is 0 Å². The number of carbonyl (C=O) groups is 2. The molecule has 1 aromatic carbocycles. The summed E-state index contributed by atoms with van der Waals surface area (Å²) in [5, 5.41) is 14.2. The van der Waals surface area contributed by atoms with Gasteiger partial charge in [0.15, 0.2) is 0 Å². The van der Waals surface area contributed by atoms with Gasteiger partial charge in [0.05, 0.1) is 18.7 Å². The highest BCUT2D eigenvalue weighted by Crippen LogP contribution is 2.29. The molecule has 0 aliphatic heterocycles. The van der Waals surface area contributed by atoms with Crippen LogP contribution in [0.2, 0.25) is 0 Å². The first-order valence-corrected chi connectivity index (χ1v) is 9.53. The Balaban J connectivity index is 1.87. The summed E-state index contributed by atoms with van der Waals surface area (Å²) in [7, 11) is 1.44. The van der Waals surface area contributed by atoms with Crippen molar-refractivity contribution in [3.05, 3.63) is 63.6 Å². The number of aromatic nitrogens is 1. The van der Waals surface area contributed by atoms with E-state index in [-0.39, 0.29) is 42.8 Å². The van der Waals surface area contributed by atoms with Gasteiger partial charge in [0.1, 0.15) is 17.9 Å². The fraction of sp³-hybridized carbons (Fsp3) is 0.381. The average Bonchev–Trinajstić information content (AvgIpc) is 3.42. The number of aliphatic hydroxyl groups is 1. The number of hydrogen-bond acceptors (Lipinski definition) is 5. The van der Waals surface area contributed by atoms with Crippen molar-refractivity contribution in [1.29, 1.82) is 0 Å². The van der Waals surface area contributed by atoms with E-state index < -0.39 is 11.5 Å². The normalized spacial score (nSPS) is 17.5. The minimum Gasteiger partial charge on any atom is -0.491 e. The summed E-state index contributed by atoms with van der Waals surface area (Å²) in [6.45, 7) is 2.37. The standard InChI is InChI=1S/C21H25N3O5/c1-13-9-18(13)23-19(26)15-10-17(20(27)22-2)21(28)24(12-15)11-14-3-5-16(6-4-14)29-8-7-25/h3-6,10,12-13,18,25H,7-9,11H2,1-2H3,(H,22,27)(H,23,26)/t13-,18-/m0/s1. The second-order valence-corrected chi connectivity index (χ2v) is 7.16. The maximum Gasteiger partial charge on any atom is 0.263 e. The van der Waals surface area contributed by atoms with Crippen molar-refractivity contribution in [2.24, 2.45) is 5.92 Å². The number of pyridine rings is 1. The Bertz CT molecular complexity index is 952. The first-order chi connectivity index (χ1) is 13.9. The van der Waals surface area contributed by atoms with Crippen molar-refractivity contribution >= 4 is 11.8 Å². The monoisotopic (exact) mass is 399 g/mol. The molecule has 0 bridgehead atoms. The first kappa shape index (κ1) is 20.6. The zero-order chi connectivity index (χ0) is 21.0. The molecule has 29 heavy (non-hydrogen) atoms. The predicted molar refractivity (Wildman–Crippen MR) is 107 cm³/mol. The molecule has 1 fully saturated rings. The van der Waals surface area contributed by atoms with Crippen molar-refractivity contribution < 1.29 is 19.4 Å². The van der Waals surface area contributed by atoms with E-state index in [1.807, 2.05) is 0 Å². The second-order valence-electron chi connectivity index (χ2n) is 7.16. The number of nitrogens with zero attached hydrogens (tertiary/aromatic N) is 1. The molecule has 0 saturated heterocycles. The van der Waals surface area contributed by atoms with Crippen LogP contribution in [0.1, 0.15) is 39.6 Å². The molecule has 0 spiro atoms. The van der Waals surface area contributed by atoms with E-state index in [0.29, 0.717) is 11.7 Å². The molecule has 0 unspecified atom stereocenters. The van der Waals surface area contributed by atoms with E-state index in [2.05, 4.69) is 17.6 Å². The van der Waals surface area contributed by atoms with Gasteiger partial charge < -0.3 is 25.0 Å². The van der Waals surface area contributed by atoms with E-state index in [9.17, 15) is 14.4 Å². The second kappa shape index (κ2) is 8.91. The maximum atomic E-state index is 12.8. The first-order valence-electron chi connectivity index (χ1n) is 9.53. The molecule has 1 aromatic heterocycles. The minimum absolute atomic E-state index is 0.0755. The Kier molecular flexibility index (Phi) is 6.33. The van der Waals surface area contributed by atoms with Crippen LogP contribution in [-0.2, 0) is 6.54 Å². The van der Waals surface area contributed by atoms with Crippen LogP contribution in [0.15, 0.2) is 41.3 Å². The highest BCUT2D eigenvalue weighted by molar-refractivity contribution is 5.99. The molecule has 2 atom stereocenters. The molecule has 1 aliphatic carbocycles. The molecular weight excluding hydrogens is 374 g/mol. The molecule has 3 N–H and O–H groups in total. The lowest BCUT2D eigenvalue weighted by molar-refractivity contribution is 0.0948. The van der Waals surface area contributed by atoms with Gasteiger partial charge in [-0.3, -0.25) is 14.4 Å². The number of hydrogen-bond donors (Lipinski definition) is 3. The third-order valence-corrected chi connectivity index (χ3v) is 4.88. The number of carbonyl (C=O) groups excluding carboxylic acids is 2. The lowest BCUT2D eigenvalue weighted by Gasteiger charge is -2.12. The summed E-state index contributed by atoms with van der Waals surface area (Å²) in [6.07, 6.45) is 2.41. The summed E-state index contributed by atoms with van der Waals surface area (Å²) in [4.78, 5) is 37.5. The van der Waals surface area contributed by atoms with E-state index >= 15 is 0 Å². The lowest BCUT2D eigenvalue weighted by atomic mass is 10.1. The fourth-order valence-electron chi connectivity index (χ4n) is 3.00. The van der Waals surface area contributed by atoms with Crippen LogP contribution in [0.25, 0.3) is 0 Å². The van der Waals surface area contributed by atoms with Crippen molar-refractivity contribution in [2.75, 3.05) is 20.3 Å². The minimum atomic E-state index is -0.536. The summed E-state index contributed by atoms with van der Waals surface area (Å²) in [6, 6.07) is 8.53. The molecule has 1 heterocycles. The van der Waals surface area contributed by atoms with E-state index in [1.165, 1.54) is 23.9 Å². The third-order valence-electron chi connectivity index (χ3n) is 4.88. The van der Waals surface area contributed by atoms with Gasteiger partial charge >= 0.3 is 0 Å². The van der Waals surface area contributed by atoms with Gasteiger partial charge in [-0.2, -0.15) is 0 Å². The van der Waals surface area contributed by atoms with Crippen molar-refractivity contribution in [3.8, 4) is 5.75 Å². The maximum absolute atomic E-state index is 12.8. The quantitative estimate of drug-likeness (QED) is 0.607. The Labute approximate surface area is 168 Å². The van der Waals surface area contributed by atoms with Crippen molar-refractivity contribution in [1.82, 2.24) is 15.2 Å². The van der Waals surface area contributed by atoms with Gasteiger partial charge in [0, 0.05) is 19.3 Å². The van der Waals surface area contributed by atoms with Crippen LogP contribution < -0.4 is 20.9 Å². The Hall–Kier alpha value is -3.13. The van der Waals surface area contributed by atoms with Gasteiger partial charge in [0.2, 0.25) is 0 Å². The number of amides is 2. The summed E-state index contributed by atoms with van der Waals surface area (Å²) < 4.78 is 6.69. The number of rotatable bonds is 8. The molecule has 2 aromatic rings. The Morgan fingerprint density at radius 2 is 1.93 bits per heavy atom. The fourth-order valence-corrected chi connectivity index (χ4v) is 3.00. The summed E-state index contributed by atoms with van der Waals surface area (Å²) in [5.41, 5.74) is 0.526. The smallest absolute Gasteiger partial charge is 0.263 e. The van der Waals surface area contributed by atoms with Crippen LogP contribution in [-0.4, -0.2) is 47.8 Å². The molecule has 8 heteroatoms. The number of ether oxygens (including phenoxy) is 1. The Morgan fingerprint density at radius 1 is 1.24 bits per heavy atom. The van der Waals surface area contributed by atoms with Gasteiger partial charge in [-0.05, 0) is 36.1 Å². The van der Waals surface area contributed by atoms with E-state index in [1.54, 1.807) is 24.3 Å². The van der Waals surface area contributed by atoms with Crippen molar-refractivity contribution in [3.63, 3.8) is 0 Å².